The zero-order valence-corrected chi connectivity index (χ0v) is 11.5. The number of hydrogen-bond donors (Lipinski definition) is 0. The van der Waals surface area contributed by atoms with Gasteiger partial charge in [0.1, 0.15) is 5.82 Å². The van der Waals surface area contributed by atoms with Crippen molar-refractivity contribution in [2.75, 3.05) is 23.9 Å². The van der Waals surface area contributed by atoms with E-state index < -0.39 is 0 Å². The van der Waals surface area contributed by atoms with Crippen molar-refractivity contribution < 1.29 is 0 Å². The molecule has 0 saturated carbocycles. The molecule has 1 aromatic rings. The Morgan fingerprint density at radius 3 is 2.67 bits per heavy atom. The lowest BCUT2D eigenvalue weighted by Gasteiger charge is -2.22. The molecule has 0 atom stereocenters. The minimum atomic E-state index is 0.636. The summed E-state index contributed by atoms with van der Waals surface area (Å²) >= 11 is 9.22. The van der Waals surface area contributed by atoms with Crippen LogP contribution in [0.15, 0.2) is 16.6 Å². The van der Waals surface area contributed by atoms with Crippen LogP contribution in [0.3, 0.4) is 0 Å². The first-order chi connectivity index (χ1) is 7.19. The minimum absolute atomic E-state index is 0.636. The topological polar surface area (TPSA) is 16.1 Å². The molecule has 1 rings (SSSR count). The van der Waals surface area contributed by atoms with Crippen molar-refractivity contribution in [1.29, 1.82) is 0 Å². The van der Waals surface area contributed by atoms with Gasteiger partial charge in [0.25, 0.3) is 0 Å². The molecule has 15 heavy (non-hydrogen) atoms. The molecule has 1 heterocycles. The largest absolute Gasteiger partial charge is 0.355 e. The molecule has 0 aliphatic carbocycles. The molecule has 0 amide bonds. The Kier molecular flexibility index (Phi) is 5.40. The number of alkyl halides is 1. The number of halogens is 2. The fraction of sp³-hybridized carbons (Fsp3) is 0.545. The average molecular weight is 292 g/mol. The summed E-state index contributed by atoms with van der Waals surface area (Å²) in [6.45, 7) is 6.01. The predicted octanol–water partition coefficient (Wildman–Crippen LogP) is 3.61. The van der Waals surface area contributed by atoms with E-state index in [9.17, 15) is 0 Å². The molecule has 0 fully saturated rings. The molecule has 0 radical (unpaired) electrons. The fourth-order valence-corrected chi connectivity index (χ4v) is 1.84. The van der Waals surface area contributed by atoms with Gasteiger partial charge in [-0.05, 0) is 41.4 Å². The summed E-state index contributed by atoms with van der Waals surface area (Å²) < 4.78 is 1.05. The molecular weight excluding hydrogens is 275 g/mol. The Labute approximate surface area is 105 Å². The van der Waals surface area contributed by atoms with Crippen LogP contribution >= 0.6 is 27.5 Å². The summed E-state index contributed by atoms with van der Waals surface area (Å²) in [4.78, 5) is 6.75. The molecule has 0 aliphatic rings. The third kappa shape index (κ3) is 3.65. The van der Waals surface area contributed by atoms with Crippen LogP contribution in [0, 0.1) is 6.92 Å². The number of aryl methyl sites for hydroxylation is 1. The molecule has 0 bridgehead atoms. The molecule has 1 aromatic heterocycles. The first-order valence-corrected chi connectivity index (χ1v) is 6.45. The maximum absolute atomic E-state index is 5.77. The van der Waals surface area contributed by atoms with Crippen molar-refractivity contribution in [3.8, 4) is 0 Å². The third-order valence-corrected chi connectivity index (χ3v) is 3.19. The first kappa shape index (κ1) is 12.8. The van der Waals surface area contributed by atoms with E-state index in [1.807, 2.05) is 19.1 Å². The fourth-order valence-electron chi connectivity index (χ4n) is 1.42. The summed E-state index contributed by atoms with van der Waals surface area (Å²) in [7, 11) is 0. The first-order valence-electron chi connectivity index (χ1n) is 5.13. The van der Waals surface area contributed by atoms with E-state index in [-0.39, 0.29) is 0 Å². The highest BCUT2D eigenvalue weighted by Crippen LogP contribution is 2.19. The second kappa shape index (κ2) is 6.33. The molecular formula is C11H16BrClN2. The van der Waals surface area contributed by atoms with Crippen molar-refractivity contribution in [2.45, 2.75) is 20.3 Å². The molecule has 84 valence electrons. The molecule has 0 spiro atoms. The van der Waals surface area contributed by atoms with Gasteiger partial charge in [-0.2, -0.15) is 0 Å². The van der Waals surface area contributed by atoms with Gasteiger partial charge in [0.2, 0.25) is 0 Å². The SMILES string of the molecule is CCCN(CCCl)c1ccc(Br)c(C)n1. The van der Waals surface area contributed by atoms with Gasteiger partial charge >= 0.3 is 0 Å². The van der Waals surface area contributed by atoms with E-state index in [1.165, 1.54) is 0 Å². The number of aromatic nitrogens is 1. The molecule has 4 heteroatoms. The molecule has 0 aliphatic heterocycles. The van der Waals surface area contributed by atoms with Crippen LogP contribution in [0.5, 0.6) is 0 Å². The zero-order valence-electron chi connectivity index (χ0n) is 9.13. The summed E-state index contributed by atoms with van der Waals surface area (Å²) in [6.07, 6.45) is 1.10. The number of anilines is 1. The lowest BCUT2D eigenvalue weighted by Crippen LogP contribution is -2.27. The van der Waals surface area contributed by atoms with Crippen molar-refractivity contribution in [3.63, 3.8) is 0 Å². The normalized spacial score (nSPS) is 10.4. The Morgan fingerprint density at radius 1 is 1.40 bits per heavy atom. The van der Waals surface area contributed by atoms with Crippen LogP contribution in [-0.4, -0.2) is 24.0 Å². The lowest BCUT2D eigenvalue weighted by atomic mass is 10.3. The third-order valence-electron chi connectivity index (χ3n) is 2.18. The van der Waals surface area contributed by atoms with Crippen molar-refractivity contribution in [1.82, 2.24) is 4.98 Å². The molecule has 0 N–H and O–H groups in total. The van der Waals surface area contributed by atoms with Gasteiger partial charge in [0, 0.05) is 23.4 Å². The molecule has 0 saturated heterocycles. The van der Waals surface area contributed by atoms with Crippen LogP contribution < -0.4 is 4.90 Å². The quantitative estimate of drug-likeness (QED) is 0.771. The van der Waals surface area contributed by atoms with Crippen LogP contribution in [0.25, 0.3) is 0 Å². The maximum atomic E-state index is 5.77. The highest BCUT2D eigenvalue weighted by Gasteiger charge is 2.07. The van der Waals surface area contributed by atoms with Gasteiger partial charge in [-0.3, -0.25) is 0 Å². The predicted molar refractivity (Wildman–Crippen MR) is 69.9 cm³/mol. The Hall–Kier alpha value is -0.280. The van der Waals surface area contributed by atoms with Gasteiger partial charge in [0.15, 0.2) is 0 Å². The second-order valence-corrected chi connectivity index (χ2v) is 4.65. The van der Waals surface area contributed by atoms with Crippen molar-refractivity contribution >= 4 is 33.3 Å². The lowest BCUT2D eigenvalue weighted by molar-refractivity contribution is 0.778. The molecule has 0 unspecified atom stereocenters. The molecule has 0 aromatic carbocycles. The van der Waals surface area contributed by atoms with E-state index in [1.54, 1.807) is 0 Å². The Bertz CT molecular complexity index is 311. The average Bonchev–Trinajstić information content (AvgIpc) is 2.22. The van der Waals surface area contributed by atoms with Crippen LogP contribution in [0.1, 0.15) is 19.0 Å². The summed E-state index contributed by atoms with van der Waals surface area (Å²) in [5.74, 6) is 1.65. The minimum Gasteiger partial charge on any atom is -0.355 e. The van der Waals surface area contributed by atoms with Crippen molar-refractivity contribution in [3.05, 3.63) is 22.3 Å². The van der Waals surface area contributed by atoms with Gasteiger partial charge in [-0.25, -0.2) is 4.98 Å². The van der Waals surface area contributed by atoms with Gasteiger partial charge in [0.05, 0.1) is 5.69 Å². The number of rotatable bonds is 5. The van der Waals surface area contributed by atoms with Gasteiger partial charge in [-0.15, -0.1) is 11.6 Å². The zero-order chi connectivity index (χ0) is 11.3. The number of pyridine rings is 1. The Morgan fingerprint density at radius 2 is 2.13 bits per heavy atom. The molecule has 2 nitrogen and oxygen atoms in total. The standard InChI is InChI=1S/C11H16BrClN2/c1-3-7-15(8-6-13)11-5-4-10(12)9(2)14-11/h4-5H,3,6-8H2,1-2H3. The Balaban J connectivity index is 2.85. The smallest absolute Gasteiger partial charge is 0.128 e. The van der Waals surface area contributed by atoms with Crippen LogP contribution in [0.2, 0.25) is 0 Å². The summed E-state index contributed by atoms with van der Waals surface area (Å²) in [5, 5.41) is 0. The van der Waals surface area contributed by atoms with E-state index in [0.29, 0.717) is 5.88 Å². The van der Waals surface area contributed by atoms with E-state index in [0.717, 1.165) is 35.5 Å². The maximum Gasteiger partial charge on any atom is 0.128 e. The van der Waals surface area contributed by atoms with Crippen molar-refractivity contribution in [2.24, 2.45) is 0 Å². The summed E-state index contributed by atoms with van der Waals surface area (Å²) in [6, 6.07) is 4.06. The summed E-state index contributed by atoms with van der Waals surface area (Å²) in [5.41, 5.74) is 1.02. The van der Waals surface area contributed by atoms with Crippen LogP contribution in [0.4, 0.5) is 5.82 Å². The van der Waals surface area contributed by atoms with E-state index in [4.69, 9.17) is 11.6 Å². The van der Waals surface area contributed by atoms with E-state index >= 15 is 0 Å². The highest BCUT2D eigenvalue weighted by molar-refractivity contribution is 9.10. The van der Waals surface area contributed by atoms with Gasteiger partial charge < -0.3 is 4.90 Å². The van der Waals surface area contributed by atoms with Gasteiger partial charge in [-0.1, -0.05) is 6.92 Å². The monoisotopic (exact) mass is 290 g/mol. The number of hydrogen-bond acceptors (Lipinski definition) is 2. The van der Waals surface area contributed by atoms with E-state index in [2.05, 4.69) is 32.7 Å². The second-order valence-electron chi connectivity index (χ2n) is 3.41. The van der Waals surface area contributed by atoms with Crippen LogP contribution in [-0.2, 0) is 0 Å². The number of nitrogens with zero attached hydrogens (tertiary/aromatic N) is 2. The highest BCUT2D eigenvalue weighted by atomic mass is 79.9.